The lowest BCUT2D eigenvalue weighted by molar-refractivity contribution is 0.0554. The first-order valence-electron chi connectivity index (χ1n) is 8.00. The number of thiazole rings is 1. The van der Waals surface area contributed by atoms with E-state index < -0.39 is 0 Å². The fraction of sp³-hybridized carbons (Fsp3) is 0.812. The second-order valence-electron chi connectivity index (χ2n) is 5.90. The van der Waals surface area contributed by atoms with Gasteiger partial charge >= 0.3 is 0 Å². The van der Waals surface area contributed by atoms with Crippen LogP contribution in [0.3, 0.4) is 0 Å². The average Bonchev–Trinajstić information content (AvgIpc) is 3.14. The molecule has 4 heteroatoms. The van der Waals surface area contributed by atoms with Gasteiger partial charge in [0.15, 0.2) is 0 Å². The third kappa shape index (κ3) is 4.27. The number of aromatic nitrogens is 1. The summed E-state index contributed by atoms with van der Waals surface area (Å²) in [5.74, 6) is 0.486. The zero-order chi connectivity index (χ0) is 14.5. The number of rotatable bonds is 9. The highest BCUT2D eigenvalue weighted by atomic mass is 32.1. The first kappa shape index (κ1) is 15.9. The molecule has 20 heavy (non-hydrogen) atoms. The summed E-state index contributed by atoms with van der Waals surface area (Å²) >= 11 is 1.85. The van der Waals surface area contributed by atoms with Crippen LogP contribution in [0.1, 0.15) is 81.0 Å². The van der Waals surface area contributed by atoms with Gasteiger partial charge < -0.3 is 10.1 Å². The highest BCUT2D eigenvalue weighted by Crippen LogP contribution is 2.33. The molecule has 1 aliphatic rings. The standard InChI is InChI=1S/C16H28N2OS/c1-5-7-13(19-6-2)16-18-15(11(3)4)14(20-16)10-17-12-8-9-12/h11-13,17H,5-10H2,1-4H3. The number of hydrogen-bond acceptors (Lipinski definition) is 4. The van der Waals surface area contributed by atoms with Crippen LogP contribution < -0.4 is 5.32 Å². The van der Waals surface area contributed by atoms with Gasteiger partial charge in [-0.1, -0.05) is 27.2 Å². The molecule has 0 amide bonds. The van der Waals surface area contributed by atoms with Gasteiger partial charge in [0.2, 0.25) is 0 Å². The Morgan fingerprint density at radius 3 is 2.65 bits per heavy atom. The maximum atomic E-state index is 5.88. The van der Waals surface area contributed by atoms with Crippen LogP contribution in [0.2, 0.25) is 0 Å². The van der Waals surface area contributed by atoms with Crippen LogP contribution in [0.5, 0.6) is 0 Å². The van der Waals surface area contributed by atoms with Gasteiger partial charge in [-0.15, -0.1) is 11.3 Å². The molecule has 1 aromatic heterocycles. The summed E-state index contributed by atoms with van der Waals surface area (Å²) in [7, 11) is 0. The van der Waals surface area contributed by atoms with Crippen molar-refractivity contribution in [2.45, 2.75) is 78.0 Å². The second-order valence-corrected chi connectivity index (χ2v) is 7.02. The Hall–Kier alpha value is -0.450. The molecular weight excluding hydrogens is 268 g/mol. The van der Waals surface area contributed by atoms with E-state index in [0.29, 0.717) is 5.92 Å². The molecule has 2 rings (SSSR count). The lowest BCUT2D eigenvalue weighted by atomic mass is 10.1. The summed E-state index contributed by atoms with van der Waals surface area (Å²) in [4.78, 5) is 6.30. The lowest BCUT2D eigenvalue weighted by Gasteiger charge is -2.13. The molecule has 0 aromatic carbocycles. The van der Waals surface area contributed by atoms with Gasteiger partial charge in [0.25, 0.3) is 0 Å². The van der Waals surface area contributed by atoms with Gasteiger partial charge in [0.1, 0.15) is 11.1 Å². The molecule has 1 aromatic rings. The van der Waals surface area contributed by atoms with E-state index >= 15 is 0 Å². The summed E-state index contributed by atoms with van der Waals surface area (Å²) in [5.41, 5.74) is 1.26. The number of ether oxygens (including phenoxy) is 1. The molecule has 0 saturated heterocycles. The number of nitrogens with zero attached hydrogens (tertiary/aromatic N) is 1. The van der Waals surface area contributed by atoms with Crippen molar-refractivity contribution in [1.29, 1.82) is 0 Å². The minimum Gasteiger partial charge on any atom is -0.371 e. The molecule has 1 saturated carbocycles. The third-order valence-electron chi connectivity index (χ3n) is 3.61. The van der Waals surface area contributed by atoms with E-state index in [2.05, 4.69) is 33.0 Å². The molecule has 0 bridgehead atoms. The smallest absolute Gasteiger partial charge is 0.122 e. The Bertz CT molecular complexity index is 407. The molecule has 1 fully saturated rings. The first-order valence-corrected chi connectivity index (χ1v) is 8.81. The van der Waals surface area contributed by atoms with Gasteiger partial charge in [-0.2, -0.15) is 0 Å². The van der Waals surface area contributed by atoms with Crippen molar-refractivity contribution in [3.63, 3.8) is 0 Å². The predicted octanol–water partition coefficient (Wildman–Crippen LogP) is 4.40. The zero-order valence-corrected chi connectivity index (χ0v) is 14.1. The number of nitrogens with one attached hydrogen (secondary N) is 1. The van der Waals surface area contributed by atoms with Crippen LogP contribution in [-0.2, 0) is 11.3 Å². The third-order valence-corrected chi connectivity index (χ3v) is 4.78. The van der Waals surface area contributed by atoms with Crippen LogP contribution in [-0.4, -0.2) is 17.6 Å². The molecule has 1 unspecified atom stereocenters. The molecule has 1 heterocycles. The summed E-state index contributed by atoms with van der Waals surface area (Å²) < 4.78 is 5.88. The fourth-order valence-electron chi connectivity index (χ4n) is 2.36. The maximum Gasteiger partial charge on any atom is 0.122 e. The highest BCUT2D eigenvalue weighted by Gasteiger charge is 2.24. The van der Waals surface area contributed by atoms with Crippen molar-refractivity contribution in [3.8, 4) is 0 Å². The molecule has 3 nitrogen and oxygen atoms in total. The SMILES string of the molecule is CCCC(OCC)c1nc(C(C)C)c(CNC2CC2)s1. The quantitative estimate of drug-likeness (QED) is 0.733. The van der Waals surface area contributed by atoms with Crippen LogP contribution in [0.25, 0.3) is 0 Å². The topological polar surface area (TPSA) is 34.1 Å². The number of hydrogen-bond donors (Lipinski definition) is 1. The van der Waals surface area contributed by atoms with Crippen molar-refractivity contribution in [3.05, 3.63) is 15.6 Å². The molecule has 1 atom stereocenters. The highest BCUT2D eigenvalue weighted by molar-refractivity contribution is 7.11. The Labute approximate surface area is 127 Å². The second kappa shape index (κ2) is 7.53. The van der Waals surface area contributed by atoms with E-state index in [1.54, 1.807) is 0 Å². The van der Waals surface area contributed by atoms with Crippen molar-refractivity contribution in [2.75, 3.05) is 6.61 Å². The molecule has 0 radical (unpaired) electrons. The van der Waals surface area contributed by atoms with Crippen molar-refractivity contribution in [1.82, 2.24) is 10.3 Å². The molecule has 114 valence electrons. The molecular formula is C16H28N2OS. The summed E-state index contributed by atoms with van der Waals surface area (Å²) in [6.07, 6.45) is 5.05. The van der Waals surface area contributed by atoms with Gasteiger partial charge in [-0.25, -0.2) is 4.98 Å². The Morgan fingerprint density at radius 1 is 1.35 bits per heavy atom. The van der Waals surface area contributed by atoms with E-state index in [1.807, 2.05) is 11.3 Å². The van der Waals surface area contributed by atoms with E-state index in [9.17, 15) is 0 Å². The van der Waals surface area contributed by atoms with Crippen molar-refractivity contribution < 1.29 is 4.74 Å². The molecule has 0 aliphatic heterocycles. The monoisotopic (exact) mass is 296 g/mol. The van der Waals surface area contributed by atoms with Crippen LogP contribution >= 0.6 is 11.3 Å². The molecule has 0 spiro atoms. The molecule has 1 N–H and O–H groups in total. The minimum atomic E-state index is 0.183. The average molecular weight is 296 g/mol. The summed E-state index contributed by atoms with van der Waals surface area (Å²) in [5, 5.41) is 4.79. The Kier molecular flexibility index (Phi) is 6.00. The van der Waals surface area contributed by atoms with Crippen molar-refractivity contribution >= 4 is 11.3 Å². The summed E-state index contributed by atoms with van der Waals surface area (Å²) in [6.45, 7) is 10.5. The Morgan fingerprint density at radius 2 is 2.10 bits per heavy atom. The largest absolute Gasteiger partial charge is 0.371 e. The zero-order valence-electron chi connectivity index (χ0n) is 13.2. The van der Waals surface area contributed by atoms with E-state index in [0.717, 1.165) is 32.0 Å². The minimum absolute atomic E-state index is 0.183. The molecule has 1 aliphatic carbocycles. The van der Waals surface area contributed by atoms with Gasteiger partial charge in [-0.05, 0) is 32.1 Å². The van der Waals surface area contributed by atoms with Crippen LogP contribution in [0.15, 0.2) is 0 Å². The van der Waals surface area contributed by atoms with Gasteiger partial charge in [0.05, 0.1) is 5.69 Å². The van der Waals surface area contributed by atoms with Gasteiger partial charge in [-0.3, -0.25) is 0 Å². The normalized spacial score (nSPS) is 16.9. The Balaban J connectivity index is 2.12. The maximum absolute atomic E-state index is 5.88. The van der Waals surface area contributed by atoms with Crippen molar-refractivity contribution in [2.24, 2.45) is 0 Å². The lowest BCUT2D eigenvalue weighted by Crippen LogP contribution is -2.15. The van der Waals surface area contributed by atoms with E-state index in [-0.39, 0.29) is 6.10 Å². The van der Waals surface area contributed by atoms with E-state index in [1.165, 1.54) is 28.4 Å². The van der Waals surface area contributed by atoms with Gasteiger partial charge in [0, 0.05) is 24.1 Å². The van der Waals surface area contributed by atoms with Crippen LogP contribution in [0, 0.1) is 0 Å². The van der Waals surface area contributed by atoms with E-state index in [4.69, 9.17) is 9.72 Å². The van der Waals surface area contributed by atoms with Crippen LogP contribution in [0.4, 0.5) is 0 Å². The summed E-state index contributed by atoms with van der Waals surface area (Å²) in [6, 6.07) is 0.749. The first-order chi connectivity index (χ1) is 9.65. The fourth-order valence-corrected chi connectivity index (χ4v) is 3.62. The predicted molar refractivity (Wildman–Crippen MR) is 85.3 cm³/mol.